The van der Waals surface area contributed by atoms with Crippen molar-refractivity contribution in [3.63, 3.8) is 0 Å². The van der Waals surface area contributed by atoms with E-state index in [1.807, 2.05) is 32.9 Å². The summed E-state index contributed by atoms with van der Waals surface area (Å²) in [6.07, 6.45) is 3.86. The normalized spacial score (nSPS) is 49.3. The molecule has 0 N–H and O–H groups in total. The molecule has 0 radical (unpaired) electrons. The summed E-state index contributed by atoms with van der Waals surface area (Å²) >= 11 is 0. The van der Waals surface area contributed by atoms with Crippen molar-refractivity contribution in [2.75, 3.05) is 6.54 Å². The van der Waals surface area contributed by atoms with Crippen molar-refractivity contribution in [2.45, 2.75) is 32.0 Å². The summed E-state index contributed by atoms with van der Waals surface area (Å²) in [5, 5.41) is 0. The monoisotopic (exact) mass is 221 g/mol. The van der Waals surface area contributed by atoms with E-state index in [0.29, 0.717) is 6.54 Å². The molecule has 3 aliphatic rings. The molecule has 4 heteroatoms. The Morgan fingerprint density at radius 2 is 1.62 bits per heavy atom. The van der Waals surface area contributed by atoms with Crippen LogP contribution in [0.2, 0.25) is 0 Å². The molecule has 2 bridgehead atoms. The summed E-state index contributed by atoms with van der Waals surface area (Å²) in [6.45, 7) is 6.07. The Bertz CT molecular complexity index is 394. The third-order valence-corrected chi connectivity index (χ3v) is 4.13. The molecule has 2 fully saturated rings. The van der Waals surface area contributed by atoms with Gasteiger partial charge >= 0.3 is 0 Å². The first kappa shape index (κ1) is 10.0. The van der Waals surface area contributed by atoms with E-state index < -0.39 is 11.2 Å². The maximum atomic E-state index is 12.2. The van der Waals surface area contributed by atoms with Crippen molar-refractivity contribution in [1.29, 1.82) is 0 Å². The average Bonchev–Trinajstić information content (AvgIpc) is 2.73. The number of carbonyl (C=O) groups is 2. The summed E-state index contributed by atoms with van der Waals surface area (Å²) < 4.78 is 5.87. The van der Waals surface area contributed by atoms with E-state index in [-0.39, 0.29) is 23.7 Å². The molecule has 16 heavy (non-hydrogen) atoms. The largest absolute Gasteiger partial charge is 0.359 e. The molecule has 3 aliphatic heterocycles. The summed E-state index contributed by atoms with van der Waals surface area (Å²) in [6, 6.07) is 0. The minimum atomic E-state index is -0.587. The van der Waals surface area contributed by atoms with Gasteiger partial charge in [0.25, 0.3) is 0 Å². The molecular formula is C12H15NO3. The Morgan fingerprint density at radius 3 is 2.00 bits per heavy atom. The van der Waals surface area contributed by atoms with E-state index in [1.165, 1.54) is 4.90 Å². The third-order valence-electron chi connectivity index (χ3n) is 4.13. The minimum absolute atomic E-state index is 0.0759. The predicted molar refractivity (Wildman–Crippen MR) is 56.4 cm³/mol. The molecule has 0 spiro atoms. The summed E-state index contributed by atoms with van der Waals surface area (Å²) in [7, 11) is 0. The molecule has 2 amide bonds. The molecule has 86 valence electrons. The molecule has 0 aromatic heterocycles. The Hall–Kier alpha value is -1.16. The lowest BCUT2D eigenvalue weighted by molar-refractivity contribution is -0.145. The maximum absolute atomic E-state index is 12.2. The lowest BCUT2D eigenvalue weighted by Gasteiger charge is -2.24. The molecule has 4 nitrogen and oxygen atoms in total. The van der Waals surface area contributed by atoms with Gasteiger partial charge in [0.2, 0.25) is 11.8 Å². The Morgan fingerprint density at radius 1 is 1.19 bits per heavy atom. The number of ether oxygens (including phenoxy) is 1. The second kappa shape index (κ2) is 2.56. The van der Waals surface area contributed by atoms with Gasteiger partial charge in [-0.05, 0) is 20.8 Å². The van der Waals surface area contributed by atoms with E-state index in [2.05, 4.69) is 0 Å². The van der Waals surface area contributed by atoms with Crippen LogP contribution in [0.15, 0.2) is 12.2 Å². The standard InChI is InChI=1S/C12H15NO3/c1-4-13-9(14)7-8(10(13)15)12(3)6-5-11(7,2)16-12/h5-8H,4H2,1-3H3. The van der Waals surface area contributed by atoms with E-state index >= 15 is 0 Å². The van der Waals surface area contributed by atoms with Gasteiger partial charge in [-0.25, -0.2) is 0 Å². The highest BCUT2D eigenvalue weighted by molar-refractivity contribution is 6.07. The highest BCUT2D eigenvalue weighted by Crippen LogP contribution is 2.56. The highest BCUT2D eigenvalue weighted by atomic mass is 16.5. The zero-order valence-electron chi connectivity index (χ0n) is 9.69. The second-order valence-corrected chi connectivity index (χ2v) is 5.18. The predicted octanol–water partition coefficient (Wildman–Crippen LogP) is 0.725. The van der Waals surface area contributed by atoms with Crippen LogP contribution in [0.3, 0.4) is 0 Å². The summed E-state index contributed by atoms with van der Waals surface area (Å²) in [5.74, 6) is -0.800. The van der Waals surface area contributed by atoms with Crippen LogP contribution in [0.5, 0.6) is 0 Å². The van der Waals surface area contributed by atoms with Crippen LogP contribution in [0.25, 0.3) is 0 Å². The second-order valence-electron chi connectivity index (χ2n) is 5.18. The molecular weight excluding hydrogens is 206 g/mol. The zero-order valence-corrected chi connectivity index (χ0v) is 9.69. The van der Waals surface area contributed by atoms with Crippen LogP contribution in [-0.2, 0) is 14.3 Å². The molecule has 3 rings (SSSR count). The van der Waals surface area contributed by atoms with Crippen molar-refractivity contribution in [1.82, 2.24) is 4.90 Å². The first-order valence-corrected chi connectivity index (χ1v) is 5.69. The van der Waals surface area contributed by atoms with Crippen molar-refractivity contribution < 1.29 is 14.3 Å². The third kappa shape index (κ3) is 0.857. The van der Waals surface area contributed by atoms with Crippen molar-refractivity contribution in [2.24, 2.45) is 11.8 Å². The number of imide groups is 1. The van der Waals surface area contributed by atoms with Crippen LogP contribution in [0.1, 0.15) is 20.8 Å². The van der Waals surface area contributed by atoms with Gasteiger partial charge in [0, 0.05) is 6.54 Å². The molecule has 2 saturated heterocycles. The quantitative estimate of drug-likeness (QED) is 0.484. The number of fused-ring (bicyclic) bond motifs is 5. The molecule has 3 heterocycles. The topological polar surface area (TPSA) is 46.6 Å². The van der Waals surface area contributed by atoms with Crippen molar-refractivity contribution >= 4 is 11.8 Å². The summed E-state index contributed by atoms with van der Waals surface area (Å²) in [4.78, 5) is 25.7. The van der Waals surface area contributed by atoms with Crippen LogP contribution in [0, 0.1) is 11.8 Å². The summed E-state index contributed by atoms with van der Waals surface area (Å²) in [5.41, 5.74) is -1.17. The Balaban J connectivity index is 2.12. The minimum Gasteiger partial charge on any atom is -0.359 e. The highest BCUT2D eigenvalue weighted by Gasteiger charge is 2.70. The van der Waals surface area contributed by atoms with Crippen molar-refractivity contribution in [3.8, 4) is 0 Å². The number of hydrogen-bond acceptors (Lipinski definition) is 3. The molecule has 0 aliphatic carbocycles. The van der Waals surface area contributed by atoms with E-state index in [4.69, 9.17) is 4.74 Å². The van der Waals surface area contributed by atoms with Crippen molar-refractivity contribution in [3.05, 3.63) is 12.2 Å². The zero-order chi connectivity index (χ0) is 11.7. The van der Waals surface area contributed by atoms with Gasteiger partial charge < -0.3 is 4.74 Å². The lowest BCUT2D eigenvalue weighted by Crippen LogP contribution is -2.39. The molecule has 0 aromatic carbocycles. The van der Waals surface area contributed by atoms with Gasteiger partial charge in [0.1, 0.15) is 0 Å². The van der Waals surface area contributed by atoms with Gasteiger partial charge in [0.15, 0.2) is 0 Å². The first-order valence-electron chi connectivity index (χ1n) is 5.69. The lowest BCUT2D eigenvalue weighted by atomic mass is 9.73. The van der Waals surface area contributed by atoms with Crippen LogP contribution in [0.4, 0.5) is 0 Å². The number of rotatable bonds is 1. The molecule has 0 saturated carbocycles. The molecule has 0 aromatic rings. The van der Waals surface area contributed by atoms with Gasteiger partial charge in [-0.2, -0.15) is 0 Å². The number of amides is 2. The number of hydrogen-bond donors (Lipinski definition) is 0. The SMILES string of the molecule is CCN1C(=O)C2C(C1=O)C1(C)C=CC2(C)O1. The van der Waals surface area contributed by atoms with Gasteiger partial charge in [0.05, 0.1) is 23.0 Å². The molecule has 4 unspecified atom stereocenters. The fraction of sp³-hybridized carbons (Fsp3) is 0.667. The average molecular weight is 221 g/mol. The van der Waals surface area contributed by atoms with Crippen LogP contribution >= 0.6 is 0 Å². The smallest absolute Gasteiger partial charge is 0.236 e. The maximum Gasteiger partial charge on any atom is 0.236 e. The fourth-order valence-electron chi connectivity index (χ4n) is 3.40. The van der Waals surface area contributed by atoms with Gasteiger partial charge in [-0.15, -0.1) is 0 Å². The van der Waals surface area contributed by atoms with E-state index in [1.54, 1.807) is 0 Å². The fourth-order valence-corrected chi connectivity index (χ4v) is 3.40. The van der Waals surface area contributed by atoms with Crippen LogP contribution in [-0.4, -0.2) is 34.5 Å². The Labute approximate surface area is 94.2 Å². The van der Waals surface area contributed by atoms with Crippen LogP contribution < -0.4 is 0 Å². The van der Waals surface area contributed by atoms with E-state index in [0.717, 1.165) is 0 Å². The molecule has 4 atom stereocenters. The van der Waals surface area contributed by atoms with E-state index in [9.17, 15) is 9.59 Å². The van der Waals surface area contributed by atoms with Gasteiger partial charge in [-0.3, -0.25) is 14.5 Å². The first-order chi connectivity index (χ1) is 7.43. The number of nitrogens with zero attached hydrogens (tertiary/aromatic N) is 1. The Kier molecular flexibility index (Phi) is 1.61. The number of carbonyl (C=O) groups excluding carboxylic acids is 2. The van der Waals surface area contributed by atoms with Gasteiger partial charge in [-0.1, -0.05) is 12.2 Å². The number of likely N-dealkylation sites (tertiary alicyclic amines) is 1.